The van der Waals surface area contributed by atoms with Crippen LogP contribution in [0, 0.1) is 13.8 Å². The number of pyridine rings is 1. The Kier molecular flexibility index (Phi) is 8.00. The summed E-state index contributed by atoms with van der Waals surface area (Å²) in [5, 5.41) is 7.62. The molecule has 12 nitrogen and oxygen atoms in total. The molecule has 0 saturated carbocycles. The third kappa shape index (κ3) is 5.62. The zero-order chi connectivity index (χ0) is 28.3. The Hall–Kier alpha value is -4.26. The Balaban J connectivity index is 1.86. The lowest BCUT2D eigenvalue weighted by Gasteiger charge is -2.21. The molecule has 1 aromatic carbocycles. The van der Waals surface area contributed by atoms with Crippen molar-refractivity contribution in [3.8, 4) is 34.6 Å². The minimum atomic E-state index is -4.01. The number of para-hydroxylation sites is 1. The highest BCUT2D eigenvalue weighted by Crippen LogP contribution is 2.38. The zero-order valence-corrected chi connectivity index (χ0v) is 23.6. The molecule has 0 radical (unpaired) electrons. The van der Waals surface area contributed by atoms with Crippen LogP contribution in [0.3, 0.4) is 0 Å². The molecule has 2 unspecified atom stereocenters. The average Bonchev–Trinajstić information content (AvgIpc) is 3.33. The quantitative estimate of drug-likeness (QED) is 0.309. The van der Waals surface area contributed by atoms with E-state index in [0.29, 0.717) is 34.6 Å². The van der Waals surface area contributed by atoms with Gasteiger partial charge in [-0.25, -0.2) is 23.4 Å². The van der Waals surface area contributed by atoms with E-state index < -0.39 is 21.2 Å². The highest BCUT2D eigenvalue weighted by molar-refractivity contribution is 7.93. The predicted molar refractivity (Wildman–Crippen MR) is 146 cm³/mol. The second-order valence-corrected chi connectivity index (χ2v) is 11.1. The first kappa shape index (κ1) is 27.8. The highest BCUT2D eigenvalue weighted by Gasteiger charge is 2.32. The van der Waals surface area contributed by atoms with Crippen LogP contribution in [0.5, 0.6) is 17.4 Å². The molecule has 0 spiro atoms. The number of aryl methyl sites for hydroxylation is 2. The summed E-state index contributed by atoms with van der Waals surface area (Å²) in [5.41, 5.74) is 2.55. The van der Waals surface area contributed by atoms with Gasteiger partial charge in [-0.05, 0) is 50.1 Å². The van der Waals surface area contributed by atoms with Crippen molar-refractivity contribution in [1.82, 2.24) is 29.7 Å². The molecule has 0 amide bonds. The van der Waals surface area contributed by atoms with Gasteiger partial charge >= 0.3 is 0 Å². The van der Waals surface area contributed by atoms with Gasteiger partial charge in [-0.3, -0.25) is 9.29 Å². The van der Waals surface area contributed by atoms with Gasteiger partial charge in [0.05, 0.1) is 26.6 Å². The van der Waals surface area contributed by atoms with Crippen LogP contribution in [0.4, 0.5) is 5.95 Å². The average molecular weight is 554 g/mol. The van der Waals surface area contributed by atoms with Gasteiger partial charge in [-0.2, -0.15) is 0 Å². The first-order valence-electron chi connectivity index (χ1n) is 12.1. The summed E-state index contributed by atoms with van der Waals surface area (Å²) in [6, 6.07) is 8.78. The van der Waals surface area contributed by atoms with E-state index in [4.69, 9.17) is 14.2 Å². The van der Waals surface area contributed by atoms with Gasteiger partial charge in [0.15, 0.2) is 5.82 Å². The van der Waals surface area contributed by atoms with Crippen LogP contribution in [-0.4, -0.2) is 64.7 Å². The van der Waals surface area contributed by atoms with E-state index in [-0.39, 0.29) is 11.8 Å². The molecule has 2 atom stereocenters. The summed E-state index contributed by atoms with van der Waals surface area (Å²) in [6.07, 6.45) is 3.32. The molecule has 13 heteroatoms. The summed E-state index contributed by atoms with van der Waals surface area (Å²) in [4.78, 5) is 13.1. The molecule has 1 N–H and O–H groups in total. The van der Waals surface area contributed by atoms with Gasteiger partial charge in [-0.1, -0.05) is 13.0 Å². The minimum absolute atomic E-state index is 0.0704. The van der Waals surface area contributed by atoms with Crippen LogP contribution in [0.1, 0.15) is 36.7 Å². The molecule has 39 heavy (non-hydrogen) atoms. The van der Waals surface area contributed by atoms with Crippen LogP contribution >= 0.6 is 0 Å². The molecule has 0 aliphatic rings. The number of aromatic nitrogens is 6. The fourth-order valence-electron chi connectivity index (χ4n) is 3.97. The number of benzene rings is 1. The fourth-order valence-corrected chi connectivity index (χ4v) is 5.20. The van der Waals surface area contributed by atoms with Gasteiger partial charge in [-0.15, -0.1) is 10.2 Å². The predicted octanol–water partition coefficient (Wildman–Crippen LogP) is 3.70. The number of ether oxygens (including phenoxy) is 3. The van der Waals surface area contributed by atoms with E-state index in [9.17, 15) is 8.42 Å². The molecule has 0 saturated heterocycles. The molecular formula is C26H31N7O5S. The van der Waals surface area contributed by atoms with E-state index in [0.717, 1.165) is 11.1 Å². The number of nitrogens with zero attached hydrogens (tertiary/aromatic N) is 6. The Bertz CT molecular complexity index is 1550. The highest BCUT2D eigenvalue weighted by atomic mass is 32.2. The molecule has 3 heterocycles. The SMILES string of the molecule is COc1cc(C)cc(-c2nnc(NS(=O)(=O)C(C)C(C)c3ncc(C)cn3)n2-c2c(OC)cccc2OC)n1. The van der Waals surface area contributed by atoms with E-state index >= 15 is 0 Å². The van der Waals surface area contributed by atoms with Crippen molar-refractivity contribution in [2.45, 2.75) is 38.9 Å². The van der Waals surface area contributed by atoms with E-state index in [2.05, 4.69) is 29.9 Å². The molecule has 4 aromatic rings. The summed E-state index contributed by atoms with van der Waals surface area (Å²) in [5.74, 6) is 1.27. The van der Waals surface area contributed by atoms with Gasteiger partial charge in [0.2, 0.25) is 21.9 Å². The van der Waals surface area contributed by atoms with Crippen molar-refractivity contribution in [2.24, 2.45) is 0 Å². The summed E-state index contributed by atoms with van der Waals surface area (Å²) in [6.45, 7) is 7.11. The molecule has 0 aliphatic carbocycles. The maximum Gasteiger partial charge on any atom is 0.243 e. The fraction of sp³-hybridized carbons (Fsp3) is 0.346. The lowest BCUT2D eigenvalue weighted by atomic mass is 10.1. The number of methoxy groups -OCH3 is 3. The molecule has 4 rings (SSSR count). The Labute approximate surface area is 227 Å². The van der Waals surface area contributed by atoms with Gasteiger partial charge < -0.3 is 14.2 Å². The van der Waals surface area contributed by atoms with Crippen molar-refractivity contribution in [2.75, 3.05) is 26.1 Å². The summed E-state index contributed by atoms with van der Waals surface area (Å²) >= 11 is 0. The van der Waals surface area contributed by atoms with Crippen LogP contribution in [0.2, 0.25) is 0 Å². The lowest BCUT2D eigenvalue weighted by Crippen LogP contribution is -2.31. The van der Waals surface area contributed by atoms with Crippen molar-refractivity contribution in [1.29, 1.82) is 0 Å². The van der Waals surface area contributed by atoms with Crippen LogP contribution in [0.15, 0.2) is 42.7 Å². The normalized spacial score (nSPS) is 13.0. The second kappa shape index (κ2) is 11.2. The monoisotopic (exact) mass is 553 g/mol. The summed E-state index contributed by atoms with van der Waals surface area (Å²) < 4.78 is 48.0. The molecule has 0 bridgehead atoms. The molecule has 206 valence electrons. The Morgan fingerprint density at radius 1 is 0.897 bits per heavy atom. The maximum atomic E-state index is 13.6. The number of hydrogen-bond donors (Lipinski definition) is 1. The van der Waals surface area contributed by atoms with Crippen LogP contribution in [-0.2, 0) is 10.0 Å². The van der Waals surface area contributed by atoms with E-state index in [1.165, 1.54) is 25.9 Å². The standard InChI is InChI=1S/C26H31N7O5S/c1-15-11-19(29-22(12-15)38-7)25-30-31-26(33(25)23-20(36-5)9-8-10-21(23)37-6)32-39(34,35)18(4)17(3)24-27-13-16(2)14-28-24/h8-14,17-18H,1-7H3,(H,31,32). The zero-order valence-electron chi connectivity index (χ0n) is 22.8. The van der Waals surface area contributed by atoms with E-state index in [1.54, 1.807) is 56.6 Å². The van der Waals surface area contributed by atoms with Crippen molar-refractivity contribution >= 4 is 16.0 Å². The largest absolute Gasteiger partial charge is 0.494 e. The number of hydrogen-bond acceptors (Lipinski definition) is 10. The van der Waals surface area contributed by atoms with Crippen molar-refractivity contribution < 1.29 is 22.6 Å². The molecule has 0 fully saturated rings. The van der Waals surface area contributed by atoms with Crippen molar-refractivity contribution in [3.63, 3.8) is 0 Å². The van der Waals surface area contributed by atoms with Gasteiger partial charge in [0, 0.05) is 24.4 Å². The lowest BCUT2D eigenvalue weighted by molar-refractivity contribution is 0.391. The summed E-state index contributed by atoms with van der Waals surface area (Å²) in [7, 11) is 0.514. The maximum absolute atomic E-state index is 13.6. The number of anilines is 1. The number of sulfonamides is 1. The first-order chi connectivity index (χ1) is 18.6. The molecular weight excluding hydrogens is 522 g/mol. The number of nitrogens with one attached hydrogen (secondary N) is 1. The van der Waals surface area contributed by atoms with Crippen molar-refractivity contribution in [3.05, 3.63) is 59.7 Å². The first-order valence-corrected chi connectivity index (χ1v) is 13.6. The minimum Gasteiger partial charge on any atom is -0.494 e. The smallest absolute Gasteiger partial charge is 0.243 e. The Morgan fingerprint density at radius 3 is 2.13 bits per heavy atom. The molecule has 0 aliphatic heterocycles. The van der Waals surface area contributed by atoms with Crippen LogP contribution in [0.25, 0.3) is 17.2 Å². The third-order valence-electron chi connectivity index (χ3n) is 6.31. The van der Waals surface area contributed by atoms with Gasteiger partial charge in [0.1, 0.15) is 28.7 Å². The molecule has 3 aromatic heterocycles. The second-order valence-electron chi connectivity index (χ2n) is 9.03. The van der Waals surface area contributed by atoms with Gasteiger partial charge in [0.25, 0.3) is 0 Å². The third-order valence-corrected chi connectivity index (χ3v) is 8.16. The Morgan fingerprint density at radius 2 is 1.54 bits per heavy atom. The number of rotatable bonds is 10. The van der Waals surface area contributed by atoms with E-state index in [1.807, 2.05) is 13.8 Å². The van der Waals surface area contributed by atoms with Crippen LogP contribution < -0.4 is 18.9 Å². The topological polar surface area (TPSA) is 143 Å².